The lowest BCUT2D eigenvalue weighted by atomic mass is 9.72. The van der Waals surface area contributed by atoms with E-state index in [1.165, 1.54) is 12.0 Å². The van der Waals surface area contributed by atoms with Crippen molar-refractivity contribution in [1.29, 1.82) is 0 Å². The molecule has 0 unspecified atom stereocenters. The van der Waals surface area contributed by atoms with E-state index in [0.29, 0.717) is 12.2 Å². The molecule has 1 heterocycles. The monoisotopic (exact) mass is 534 g/mol. The Morgan fingerprint density at radius 2 is 1.76 bits per heavy atom. The van der Waals surface area contributed by atoms with Gasteiger partial charge in [0, 0.05) is 24.6 Å². The predicted molar refractivity (Wildman–Crippen MR) is 136 cm³/mol. The van der Waals surface area contributed by atoms with Crippen LogP contribution in [0.4, 0.5) is 13.2 Å². The smallest absolute Gasteiger partial charge is 0.425 e. The van der Waals surface area contributed by atoms with Gasteiger partial charge in [0.2, 0.25) is 11.4 Å². The van der Waals surface area contributed by atoms with Crippen molar-refractivity contribution in [2.24, 2.45) is 17.3 Å². The van der Waals surface area contributed by atoms with E-state index >= 15 is 13.2 Å². The highest BCUT2D eigenvalue weighted by Gasteiger charge is 2.72. The maximum atomic E-state index is 15.1. The van der Waals surface area contributed by atoms with Crippen molar-refractivity contribution in [2.45, 2.75) is 90.4 Å². The number of carbonyl (C=O) groups is 3. The quantitative estimate of drug-likeness (QED) is 0.534. The van der Waals surface area contributed by atoms with Crippen molar-refractivity contribution >= 4 is 17.6 Å². The van der Waals surface area contributed by atoms with Crippen molar-refractivity contribution in [2.75, 3.05) is 7.11 Å². The van der Waals surface area contributed by atoms with Crippen LogP contribution in [0.2, 0.25) is 0 Å². The fourth-order valence-corrected chi connectivity index (χ4v) is 6.37. The van der Waals surface area contributed by atoms with Gasteiger partial charge >= 0.3 is 6.18 Å². The van der Waals surface area contributed by atoms with Gasteiger partial charge in [-0.1, -0.05) is 52.7 Å². The summed E-state index contributed by atoms with van der Waals surface area (Å²) >= 11 is 0. The lowest BCUT2D eigenvalue weighted by Gasteiger charge is -2.43. The molecule has 2 amide bonds. The SMILES string of the molecule is COc1ccc(CCC(=O)N[C@]2(C(F)(F)F)C(=O)N([C@@H]3CCC[C@H](C)[C@@H]3C)C3=C2C(=O)CC(C)(C)C3)cc1. The minimum atomic E-state index is -5.18. The van der Waals surface area contributed by atoms with Gasteiger partial charge in [-0.05, 0) is 54.2 Å². The Hall–Kier alpha value is -2.84. The Kier molecular flexibility index (Phi) is 7.45. The first-order chi connectivity index (χ1) is 17.7. The highest BCUT2D eigenvalue weighted by atomic mass is 19.4. The summed E-state index contributed by atoms with van der Waals surface area (Å²) in [7, 11) is 1.52. The second-order valence-electron chi connectivity index (χ2n) is 11.9. The van der Waals surface area contributed by atoms with E-state index in [1.807, 2.05) is 27.7 Å². The molecule has 1 saturated carbocycles. The summed E-state index contributed by atoms with van der Waals surface area (Å²) in [5.74, 6) is -2.10. The van der Waals surface area contributed by atoms with Crippen molar-refractivity contribution < 1.29 is 32.3 Å². The first-order valence-electron chi connectivity index (χ1n) is 13.3. The molecule has 1 aliphatic heterocycles. The van der Waals surface area contributed by atoms with Crippen LogP contribution < -0.4 is 10.1 Å². The number of ketones is 1. The third kappa shape index (κ3) is 4.84. The number of alkyl halides is 3. The first kappa shape index (κ1) is 28.2. The van der Waals surface area contributed by atoms with Gasteiger partial charge in [-0.25, -0.2) is 0 Å². The van der Waals surface area contributed by atoms with E-state index < -0.39 is 46.3 Å². The molecule has 38 heavy (non-hydrogen) atoms. The summed E-state index contributed by atoms with van der Waals surface area (Å²) in [4.78, 5) is 41.7. The van der Waals surface area contributed by atoms with E-state index in [4.69, 9.17) is 4.74 Å². The molecular formula is C29H37F3N2O4. The van der Waals surface area contributed by atoms with E-state index in [2.05, 4.69) is 5.32 Å². The Morgan fingerprint density at radius 3 is 2.37 bits per heavy atom. The van der Waals surface area contributed by atoms with Crippen LogP contribution in [0, 0.1) is 17.3 Å². The summed E-state index contributed by atoms with van der Waals surface area (Å²) in [5, 5.41) is 2.07. The number of methoxy groups -OCH3 is 1. The Balaban J connectivity index is 1.72. The van der Waals surface area contributed by atoms with E-state index in [0.717, 1.165) is 18.4 Å². The maximum Gasteiger partial charge on any atom is 0.425 e. The van der Waals surface area contributed by atoms with Crippen LogP contribution in [-0.2, 0) is 20.8 Å². The van der Waals surface area contributed by atoms with Crippen molar-refractivity contribution in [3.05, 3.63) is 41.1 Å². The van der Waals surface area contributed by atoms with Gasteiger partial charge < -0.3 is 15.0 Å². The molecule has 4 rings (SSSR count). The zero-order valence-electron chi connectivity index (χ0n) is 22.7. The molecular weight excluding hydrogens is 497 g/mol. The van der Waals surface area contributed by atoms with Gasteiger partial charge in [0.1, 0.15) is 5.75 Å². The van der Waals surface area contributed by atoms with E-state index in [9.17, 15) is 14.4 Å². The Morgan fingerprint density at radius 1 is 1.11 bits per heavy atom. The highest BCUT2D eigenvalue weighted by Crippen LogP contribution is 2.53. The molecule has 0 aromatic heterocycles. The second-order valence-corrected chi connectivity index (χ2v) is 11.9. The number of amides is 2. The predicted octanol–water partition coefficient (Wildman–Crippen LogP) is 5.36. The number of rotatable bonds is 6. The van der Waals surface area contributed by atoms with Crippen LogP contribution in [0.5, 0.6) is 5.75 Å². The molecule has 1 aromatic carbocycles. The average Bonchev–Trinajstić information content (AvgIpc) is 3.07. The lowest BCUT2D eigenvalue weighted by molar-refractivity contribution is -0.195. The van der Waals surface area contributed by atoms with Gasteiger partial charge in [-0.15, -0.1) is 0 Å². The molecule has 0 radical (unpaired) electrons. The molecule has 6 nitrogen and oxygen atoms in total. The Labute approximate surface area is 222 Å². The van der Waals surface area contributed by atoms with Gasteiger partial charge in [0.05, 0.1) is 12.7 Å². The topological polar surface area (TPSA) is 75.7 Å². The van der Waals surface area contributed by atoms with E-state index in [-0.39, 0.29) is 43.2 Å². The number of hydrogen-bond acceptors (Lipinski definition) is 4. The summed E-state index contributed by atoms with van der Waals surface area (Å²) in [6.45, 7) is 7.65. The number of hydrogen-bond donors (Lipinski definition) is 1. The zero-order chi connectivity index (χ0) is 28.0. The summed E-state index contributed by atoms with van der Waals surface area (Å²) in [6, 6.07) is 6.40. The van der Waals surface area contributed by atoms with E-state index in [1.54, 1.807) is 24.3 Å². The number of aryl methyl sites for hydroxylation is 1. The highest BCUT2D eigenvalue weighted by molar-refractivity contribution is 6.13. The molecule has 208 valence electrons. The van der Waals surface area contributed by atoms with Gasteiger partial charge in [-0.3, -0.25) is 14.4 Å². The molecule has 0 spiro atoms. The van der Waals surface area contributed by atoms with Crippen LogP contribution in [0.3, 0.4) is 0 Å². The normalized spacial score (nSPS) is 29.4. The Bertz CT molecular complexity index is 1140. The van der Waals surface area contributed by atoms with Crippen LogP contribution >= 0.6 is 0 Å². The summed E-state index contributed by atoms with van der Waals surface area (Å²) < 4.78 is 50.3. The molecule has 0 saturated heterocycles. The maximum absolute atomic E-state index is 15.1. The lowest BCUT2D eigenvalue weighted by Crippen LogP contribution is -2.67. The van der Waals surface area contributed by atoms with Crippen LogP contribution in [0.15, 0.2) is 35.5 Å². The summed E-state index contributed by atoms with van der Waals surface area (Å²) in [6.07, 6.45) is -2.96. The third-order valence-electron chi connectivity index (χ3n) is 8.61. The fraction of sp³-hybridized carbons (Fsp3) is 0.621. The standard InChI is InChI=1S/C29H37F3N2O4/c1-17-7-6-8-21(18(17)2)34-22-15-27(3,4)16-23(35)25(22)28(26(34)37,29(30,31)32)33-24(36)14-11-19-9-12-20(38-5)13-10-19/h9-10,12-13,17-18,21H,6-8,11,14-16H2,1-5H3,(H,33,36)/t17-,18-,21+,28-/m0/s1. The fourth-order valence-electron chi connectivity index (χ4n) is 6.37. The average molecular weight is 535 g/mol. The largest absolute Gasteiger partial charge is 0.497 e. The van der Waals surface area contributed by atoms with Crippen molar-refractivity contribution in [1.82, 2.24) is 10.2 Å². The van der Waals surface area contributed by atoms with Crippen LogP contribution in [0.25, 0.3) is 0 Å². The number of benzene rings is 1. The number of allylic oxidation sites excluding steroid dienone is 1. The van der Waals surface area contributed by atoms with Crippen molar-refractivity contribution in [3.63, 3.8) is 0 Å². The van der Waals surface area contributed by atoms with Crippen LogP contribution in [-0.4, -0.2) is 47.4 Å². The zero-order valence-corrected chi connectivity index (χ0v) is 22.7. The van der Waals surface area contributed by atoms with Gasteiger partial charge in [-0.2, -0.15) is 13.2 Å². The molecule has 1 aromatic rings. The number of carbonyl (C=O) groups excluding carboxylic acids is 3. The van der Waals surface area contributed by atoms with Crippen molar-refractivity contribution in [3.8, 4) is 5.75 Å². The number of halogens is 3. The number of Topliss-reactive ketones (excluding diaryl/α,β-unsaturated/α-hetero) is 1. The minimum Gasteiger partial charge on any atom is -0.497 e. The van der Waals surface area contributed by atoms with Gasteiger partial charge in [0.15, 0.2) is 5.78 Å². The first-order valence-corrected chi connectivity index (χ1v) is 13.3. The number of ether oxygens (including phenoxy) is 1. The number of nitrogens with one attached hydrogen (secondary N) is 1. The van der Waals surface area contributed by atoms with Gasteiger partial charge in [0.25, 0.3) is 5.91 Å². The molecule has 4 atom stereocenters. The summed E-state index contributed by atoms with van der Waals surface area (Å²) in [5.41, 5.74) is -3.68. The molecule has 9 heteroatoms. The molecule has 3 aliphatic rings. The molecule has 1 fully saturated rings. The third-order valence-corrected chi connectivity index (χ3v) is 8.61. The molecule has 1 N–H and O–H groups in total. The molecule has 0 bridgehead atoms. The second kappa shape index (κ2) is 10.0. The minimum absolute atomic E-state index is 0.0450. The molecule has 2 aliphatic carbocycles. The number of nitrogens with zero attached hydrogens (tertiary/aromatic N) is 1. The van der Waals surface area contributed by atoms with Crippen LogP contribution in [0.1, 0.15) is 71.8 Å².